The van der Waals surface area contributed by atoms with Crippen molar-refractivity contribution in [2.24, 2.45) is 0 Å². The monoisotopic (exact) mass is 764 g/mol. The Morgan fingerprint density at radius 2 is 0.935 bits per heavy atom. The van der Waals surface area contributed by atoms with Crippen LogP contribution in [0.2, 0.25) is 26.6 Å². The molecule has 0 saturated heterocycles. The van der Waals surface area contributed by atoms with Crippen LogP contribution in [0, 0.1) is 6.92 Å². The first-order valence-corrected chi connectivity index (χ1v) is 31.1. The molecule has 0 nitrogen and oxygen atoms in total. The molecular weight excluding hydrogens is 713 g/mol. The van der Waals surface area contributed by atoms with Gasteiger partial charge in [0.25, 0.3) is 0 Å². The number of halogens is 3. The molecule has 0 aromatic carbocycles. The fourth-order valence-corrected chi connectivity index (χ4v) is 25.9. The zero-order chi connectivity index (χ0) is 23.0. The van der Waals surface area contributed by atoms with Crippen molar-refractivity contribution in [1.29, 1.82) is 0 Å². The van der Waals surface area contributed by atoms with Crippen molar-refractivity contribution in [3.05, 3.63) is 44.9 Å². The van der Waals surface area contributed by atoms with Crippen molar-refractivity contribution in [3.63, 3.8) is 0 Å². The molecule has 0 N–H and O–H groups in total. The van der Waals surface area contributed by atoms with Crippen LogP contribution in [0.5, 0.6) is 0 Å². The zero-order valence-corrected chi connectivity index (χ0v) is 31.5. The molecule has 0 aliphatic heterocycles. The molecule has 0 aliphatic rings. The van der Waals surface area contributed by atoms with Crippen LogP contribution in [0.1, 0.15) is 79.1 Å². The molecule has 6 heteroatoms. The van der Waals surface area contributed by atoms with Crippen LogP contribution >= 0.6 is 17.8 Å². The molecule has 0 rings (SSSR count). The maximum Gasteiger partial charge on any atom is 2.00 e. The van der Waals surface area contributed by atoms with E-state index >= 15 is 0 Å². The summed E-state index contributed by atoms with van der Waals surface area (Å²) in [5.41, 5.74) is 0. The Morgan fingerprint density at radius 3 is 1.16 bits per heavy atom. The Hall–Kier alpha value is 2.51. The maximum atomic E-state index is 6.27. The fraction of sp³-hybridized carbons (Fsp3) is 0.720. The summed E-state index contributed by atoms with van der Waals surface area (Å²) in [6, 6.07) is 0. The molecule has 0 saturated carbocycles. The largest absolute Gasteiger partial charge is 2.00 e. The molecule has 0 unspecified atom stereocenters. The van der Waals surface area contributed by atoms with E-state index in [1.807, 2.05) is 0 Å². The van der Waals surface area contributed by atoms with E-state index in [2.05, 4.69) is 66.5 Å². The van der Waals surface area contributed by atoms with Crippen LogP contribution in [0.15, 0.2) is 38.0 Å². The number of unbranched alkanes of at least 4 members (excludes halogenated alkanes) is 4. The number of allylic oxidation sites excluding steroid dienone is 3. The zero-order valence-electron chi connectivity index (χ0n) is 21.3. The quantitative estimate of drug-likeness (QED) is 0.0867. The molecule has 0 aromatic rings. The van der Waals surface area contributed by atoms with Gasteiger partial charge in [0.05, 0.1) is 0 Å². The third-order valence-electron chi connectivity index (χ3n) is 5.07. The van der Waals surface area contributed by atoms with E-state index in [1.54, 1.807) is 8.87 Å². The first kappa shape index (κ1) is 43.6. The molecule has 31 heavy (non-hydrogen) atoms. The van der Waals surface area contributed by atoms with Crippen molar-refractivity contribution in [1.82, 2.24) is 0 Å². The molecule has 0 spiro atoms. The summed E-state index contributed by atoms with van der Waals surface area (Å²) in [5.74, 6) is 0. The van der Waals surface area contributed by atoms with Crippen LogP contribution in [0.3, 0.4) is 0 Å². The van der Waals surface area contributed by atoms with Gasteiger partial charge >= 0.3 is 206 Å². The van der Waals surface area contributed by atoms with Gasteiger partial charge in [0.15, 0.2) is 0 Å². The van der Waals surface area contributed by atoms with E-state index in [-0.39, 0.29) is 40.0 Å². The third kappa shape index (κ3) is 32.5. The molecule has 0 heterocycles. The Labute approximate surface area is 240 Å². The molecule has 0 aromatic heterocycles. The maximum absolute atomic E-state index is 6.27. The summed E-state index contributed by atoms with van der Waals surface area (Å²) in [7, 11) is 12.5. The average molecular weight is 764 g/mol. The predicted molar refractivity (Wildman–Crippen MR) is 153 cm³/mol. The van der Waals surface area contributed by atoms with E-state index in [0.717, 1.165) is 8.87 Å². The smallest absolute Gasteiger partial charge is 1.00 e. The van der Waals surface area contributed by atoms with E-state index in [0.29, 0.717) is 0 Å². The average Bonchev–Trinajstić information content (AvgIpc) is 2.69. The van der Waals surface area contributed by atoms with Gasteiger partial charge in [-0.2, -0.15) is 0 Å². The van der Waals surface area contributed by atoms with Crippen molar-refractivity contribution >= 4 is 75.4 Å². The van der Waals surface area contributed by atoms with Crippen LogP contribution in [-0.4, -0.2) is 57.6 Å². The Kier molecular flexibility index (Phi) is 45.7. The van der Waals surface area contributed by atoms with Gasteiger partial charge < -0.3 is 17.0 Å². The van der Waals surface area contributed by atoms with Gasteiger partial charge in [-0.15, -0.1) is 0 Å². The molecule has 0 aliphatic carbocycles. The molecule has 0 atom stereocenters. The van der Waals surface area contributed by atoms with Gasteiger partial charge in [-0.05, 0) is 0 Å². The van der Waals surface area contributed by atoms with Crippen LogP contribution in [0.25, 0.3) is 0 Å². The van der Waals surface area contributed by atoms with Gasteiger partial charge in [0.1, 0.15) is 0 Å². The predicted octanol–water partition coefficient (Wildman–Crippen LogP) is 7.54. The first-order chi connectivity index (χ1) is 13.8. The van der Waals surface area contributed by atoms with Crippen LogP contribution in [0.4, 0.5) is 0 Å². The first-order valence-electron chi connectivity index (χ1n) is 11.8. The third-order valence-corrected chi connectivity index (χ3v) is 31.0. The summed E-state index contributed by atoms with van der Waals surface area (Å²) in [6.45, 7) is 23.4. The standard InChI is InChI=1S/4C4H9.3C3H5.BrH.2ClH.Mg.2Sn/c4*1-3-4-2;3*1-3-2;;;;;;/h4*1,3-4H2,2H3;3*3H,1-2H2;3*1H;;;/q;;;;;;-1;;;;+2;;+2/p-3. The van der Waals surface area contributed by atoms with Crippen LogP contribution < -0.4 is 17.0 Å². The van der Waals surface area contributed by atoms with E-state index in [9.17, 15) is 0 Å². The summed E-state index contributed by atoms with van der Waals surface area (Å²) in [6.07, 6.45) is 16.3. The number of hydrogen-bond donors (Lipinski definition) is 0. The Bertz CT molecular complexity index is 351. The summed E-state index contributed by atoms with van der Waals surface area (Å²) in [5, 5.41) is 0. The van der Waals surface area contributed by atoms with Gasteiger partial charge in [0.2, 0.25) is 0 Å². The second kappa shape index (κ2) is 32.5. The minimum atomic E-state index is -2.49. The molecule has 0 radical (unpaired) electrons. The topological polar surface area (TPSA) is 0 Å². The van der Waals surface area contributed by atoms with Crippen molar-refractivity contribution in [2.75, 3.05) is 0 Å². The molecular formula is C25H51BrCl2MgSn2. The second-order valence-electron chi connectivity index (χ2n) is 8.04. The summed E-state index contributed by atoms with van der Waals surface area (Å²) >= 11 is -4.35. The second-order valence-corrected chi connectivity index (χ2v) is 40.5. The van der Waals surface area contributed by atoms with Gasteiger partial charge in [-0.1, -0.05) is 0 Å². The fourth-order valence-electron chi connectivity index (χ4n) is 3.33. The SMILES string of the molecule is C=C[CH2-].C=C[CH2][Sn]([CH2]C=C)([CH2]CCC)[CH2]CCC.CCC[CH2][Sn]([Cl])([Cl])[CH2]CCC.[Br-].[Mg+2]. The molecule has 182 valence electrons. The number of rotatable bonds is 16. The summed E-state index contributed by atoms with van der Waals surface area (Å²) < 4.78 is 8.11. The normalized spacial score (nSPS) is 10.1. The van der Waals surface area contributed by atoms with Crippen molar-refractivity contribution in [3.8, 4) is 0 Å². The van der Waals surface area contributed by atoms with Gasteiger partial charge in [-0.25, -0.2) is 19.6 Å². The van der Waals surface area contributed by atoms with E-state index < -0.39 is 34.5 Å². The van der Waals surface area contributed by atoms with Crippen molar-refractivity contribution in [2.45, 2.75) is 106 Å². The van der Waals surface area contributed by atoms with Gasteiger partial charge in [-0.3, -0.25) is 0 Å². The van der Waals surface area contributed by atoms with Crippen molar-refractivity contribution < 1.29 is 17.0 Å². The van der Waals surface area contributed by atoms with E-state index in [1.165, 1.54) is 66.3 Å². The molecule has 0 amide bonds. The van der Waals surface area contributed by atoms with Crippen LogP contribution in [-0.2, 0) is 0 Å². The van der Waals surface area contributed by atoms with Gasteiger partial charge in [0, 0.05) is 0 Å². The summed E-state index contributed by atoms with van der Waals surface area (Å²) in [4.78, 5) is 0. The Morgan fingerprint density at radius 1 is 0.677 bits per heavy atom. The molecule has 0 fully saturated rings. The van der Waals surface area contributed by atoms with E-state index in [4.69, 9.17) is 17.8 Å². The minimum Gasteiger partial charge on any atom is -1.00 e. The molecule has 0 bridgehead atoms. The number of hydrogen-bond acceptors (Lipinski definition) is 0. The Balaban J connectivity index is -0.000000125. The minimum absolute atomic E-state index is 0.